The number of amides is 1. The number of aliphatic hydroxyl groups is 1. The van der Waals surface area contributed by atoms with E-state index in [1.165, 1.54) is 6.07 Å². The van der Waals surface area contributed by atoms with Crippen LogP contribution in [-0.2, 0) is 0 Å². The van der Waals surface area contributed by atoms with Gasteiger partial charge in [-0.1, -0.05) is 6.07 Å². The molecule has 0 unspecified atom stereocenters. The molecule has 2 heterocycles. The summed E-state index contributed by atoms with van der Waals surface area (Å²) in [6.45, 7) is 2.26. The second-order valence-electron chi connectivity index (χ2n) is 7.55. The highest BCUT2D eigenvalue weighted by Crippen LogP contribution is 2.33. The Balaban J connectivity index is 1.51. The van der Waals surface area contributed by atoms with Crippen LogP contribution >= 0.6 is 0 Å². The number of aliphatic hydroxyl groups excluding tert-OH is 1. The number of halogens is 2. The average molecular weight is 443 g/mol. The van der Waals surface area contributed by atoms with Gasteiger partial charge in [-0.15, -0.1) is 0 Å². The number of nitrogens with zero attached hydrogens (tertiary/aromatic N) is 2. The molecule has 0 spiro atoms. The molecular formula is C23H23F2N3O4. The number of hydrogen-bond donors (Lipinski definition) is 2. The third kappa shape index (κ3) is 4.49. The van der Waals surface area contributed by atoms with Crippen molar-refractivity contribution < 1.29 is 27.8 Å². The summed E-state index contributed by atoms with van der Waals surface area (Å²) in [7, 11) is 0. The minimum Gasteiger partial charge on any atom is -0.492 e. The van der Waals surface area contributed by atoms with Crippen molar-refractivity contribution in [1.29, 1.82) is 0 Å². The van der Waals surface area contributed by atoms with Crippen molar-refractivity contribution in [2.75, 3.05) is 26.3 Å². The molecule has 1 atom stereocenters. The summed E-state index contributed by atoms with van der Waals surface area (Å²) in [4.78, 5) is 18.0. The number of hydrogen-bond acceptors (Lipinski definition) is 6. The zero-order valence-corrected chi connectivity index (χ0v) is 17.3. The molecular weight excluding hydrogens is 420 g/mol. The number of nitrogens with two attached hydrogens (primary N) is 1. The van der Waals surface area contributed by atoms with E-state index in [0.717, 1.165) is 31.5 Å². The van der Waals surface area contributed by atoms with Gasteiger partial charge < -0.3 is 20.0 Å². The number of benzene rings is 2. The van der Waals surface area contributed by atoms with Crippen molar-refractivity contribution in [3.8, 4) is 28.5 Å². The summed E-state index contributed by atoms with van der Waals surface area (Å²) in [5.41, 5.74) is 5.17. The van der Waals surface area contributed by atoms with Crippen LogP contribution < -0.4 is 10.5 Å². The molecule has 7 nitrogen and oxygen atoms in total. The summed E-state index contributed by atoms with van der Waals surface area (Å²) in [5.74, 6) is -2.35. The lowest BCUT2D eigenvalue weighted by molar-refractivity contribution is 0.0996. The molecule has 2 aromatic carbocycles. The number of aromatic nitrogens is 1. The van der Waals surface area contributed by atoms with Gasteiger partial charge in [0.2, 0.25) is 5.89 Å². The second kappa shape index (κ2) is 9.46. The van der Waals surface area contributed by atoms with Crippen molar-refractivity contribution in [2.45, 2.75) is 18.9 Å². The Kier molecular flexibility index (Phi) is 6.48. The van der Waals surface area contributed by atoms with Gasteiger partial charge in [0.1, 0.15) is 29.6 Å². The smallest absolute Gasteiger partial charge is 0.271 e. The molecule has 0 radical (unpaired) electrons. The largest absolute Gasteiger partial charge is 0.492 e. The Labute approximate surface area is 183 Å². The maximum absolute atomic E-state index is 14.1. The van der Waals surface area contributed by atoms with Crippen LogP contribution in [0.25, 0.3) is 22.8 Å². The first kappa shape index (κ1) is 21.9. The predicted molar refractivity (Wildman–Crippen MR) is 113 cm³/mol. The monoisotopic (exact) mass is 443 g/mol. The minimum absolute atomic E-state index is 0.0181. The maximum atomic E-state index is 14.1. The first-order valence-corrected chi connectivity index (χ1v) is 10.3. The summed E-state index contributed by atoms with van der Waals surface area (Å²) >= 11 is 0. The lowest BCUT2D eigenvalue weighted by Crippen LogP contribution is -2.35. The highest BCUT2D eigenvalue weighted by molar-refractivity contribution is 5.97. The Hall–Kier alpha value is -3.30. The van der Waals surface area contributed by atoms with Crippen LogP contribution in [0.1, 0.15) is 23.3 Å². The number of primary amides is 1. The molecule has 1 amide bonds. The topological polar surface area (TPSA) is 102 Å². The molecule has 9 heteroatoms. The van der Waals surface area contributed by atoms with E-state index >= 15 is 0 Å². The average Bonchev–Trinajstić information content (AvgIpc) is 3.41. The van der Waals surface area contributed by atoms with E-state index < -0.39 is 23.1 Å². The summed E-state index contributed by atoms with van der Waals surface area (Å²) < 4.78 is 39.6. The molecule has 1 aliphatic rings. The van der Waals surface area contributed by atoms with Gasteiger partial charge in [0.25, 0.3) is 5.91 Å². The molecule has 4 rings (SSSR count). The van der Waals surface area contributed by atoms with E-state index in [9.17, 15) is 18.7 Å². The van der Waals surface area contributed by atoms with E-state index in [0.29, 0.717) is 24.5 Å². The molecule has 168 valence electrons. The molecule has 1 saturated heterocycles. The second-order valence-corrected chi connectivity index (χ2v) is 7.55. The van der Waals surface area contributed by atoms with Gasteiger partial charge in [0, 0.05) is 18.2 Å². The highest BCUT2D eigenvalue weighted by Gasteiger charge is 2.25. The summed E-state index contributed by atoms with van der Waals surface area (Å²) in [6, 6.07) is 10.2. The fourth-order valence-corrected chi connectivity index (χ4v) is 3.87. The van der Waals surface area contributed by atoms with Gasteiger partial charge in [-0.3, -0.25) is 9.69 Å². The van der Waals surface area contributed by atoms with Gasteiger partial charge in [0.15, 0.2) is 11.5 Å². The molecule has 0 bridgehead atoms. The first-order chi connectivity index (χ1) is 15.5. The first-order valence-electron chi connectivity index (χ1n) is 10.3. The lowest BCUT2D eigenvalue weighted by Gasteiger charge is -2.22. The molecule has 0 saturated carbocycles. The molecule has 3 aromatic rings. The quantitative estimate of drug-likeness (QED) is 0.554. The van der Waals surface area contributed by atoms with Crippen LogP contribution in [0.4, 0.5) is 8.78 Å². The highest BCUT2D eigenvalue weighted by atomic mass is 19.1. The van der Waals surface area contributed by atoms with Gasteiger partial charge >= 0.3 is 0 Å². The van der Waals surface area contributed by atoms with E-state index in [-0.39, 0.29) is 30.0 Å². The van der Waals surface area contributed by atoms with E-state index in [1.807, 2.05) is 0 Å². The number of carbonyl (C=O) groups is 1. The molecule has 1 fully saturated rings. The van der Waals surface area contributed by atoms with Crippen molar-refractivity contribution >= 4 is 5.91 Å². The van der Waals surface area contributed by atoms with Crippen molar-refractivity contribution in [3.63, 3.8) is 0 Å². The normalized spacial score (nSPS) is 16.4. The third-order valence-corrected chi connectivity index (χ3v) is 5.51. The Morgan fingerprint density at radius 1 is 1.22 bits per heavy atom. The van der Waals surface area contributed by atoms with Gasteiger partial charge in [0.05, 0.1) is 6.61 Å². The van der Waals surface area contributed by atoms with Crippen molar-refractivity contribution in [3.05, 3.63) is 59.8 Å². The standard InChI is InChI=1S/C23H23F2N3O4/c24-17-4-1-5-18(25)19(17)23-27-20(22(26)30)21(32-23)14-6-8-16(9-7-14)31-12-11-28-10-2-3-15(28)13-29/h1,4-9,15,29H,2-3,10-13H2,(H2,26,30)/t15-/m1/s1. The van der Waals surface area contributed by atoms with Crippen LogP contribution in [0.15, 0.2) is 46.9 Å². The Morgan fingerprint density at radius 2 is 1.94 bits per heavy atom. The van der Waals surface area contributed by atoms with Gasteiger partial charge in [-0.05, 0) is 55.8 Å². The lowest BCUT2D eigenvalue weighted by atomic mass is 10.1. The fraction of sp³-hybridized carbons (Fsp3) is 0.304. The number of rotatable bonds is 8. The molecule has 32 heavy (non-hydrogen) atoms. The van der Waals surface area contributed by atoms with Crippen LogP contribution in [0.5, 0.6) is 5.75 Å². The zero-order chi connectivity index (χ0) is 22.7. The number of oxazole rings is 1. The van der Waals surface area contributed by atoms with Crippen molar-refractivity contribution in [1.82, 2.24) is 9.88 Å². The number of likely N-dealkylation sites (tertiary alicyclic amines) is 1. The van der Waals surface area contributed by atoms with E-state index in [4.69, 9.17) is 14.9 Å². The Morgan fingerprint density at radius 3 is 2.59 bits per heavy atom. The maximum Gasteiger partial charge on any atom is 0.271 e. The van der Waals surface area contributed by atoms with Crippen LogP contribution in [0.3, 0.4) is 0 Å². The predicted octanol–water partition coefficient (Wildman–Crippen LogP) is 3.22. The summed E-state index contributed by atoms with van der Waals surface area (Å²) in [5, 5.41) is 9.39. The zero-order valence-electron chi connectivity index (χ0n) is 17.3. The SMILES string of the molecule is NC(=O)c1nc(-c2c(F)cccc2F)oc1-c1ccc(OCCN2CCC[C@@H]2CO)cc1. The Bertz CT molecular complexity index is 1080. The van der Waals surface area contributed by atoms with Crippen LogP contribution in [0.2, 0.25) is 0 Å². The van der Waals surface area contributed by atoms with Gasteiger partial charge in [-0.25, -0.2) is 13.8 Å². The molecule has 1 aliphatic heterocycles. The summed E-state index contributed by atoms with van der Waals surface area (Å²) in [6.07, 6.45) is 2.06. The minimum atomic E-state index is -0.879. The molecule has 1 aromatic heterocycles. The van der Waals surface area contributed by atoms with Gasteiger partial charge in [-0.2, -0.15) is 0 Å². The third-order valence-electron chi connectivity index (χ3n) is 5.51. The van der Waals surface area contributed by atoms with Crippen LogP contribution in [0, 0.1) is 11.6 Å². The van der Waals surface area contributed by atoms with E-state index in [1.54, 1.807) is 24.3 Å². The molecule has 3 N–H and O–H groups in total. The number of carbonyl (C=O) groups excluding carboxylic acids is 1. The molecule has 0 aliphatic carbocycles. The van der Waals surface area contributed by atoms with Crippen LogP contribution in [-0.4, -0.2) is 53.2 Å². The van der Waals surface area contributed by atoms with E-state index in [2.05, 4.69) is 9.88 Å². The number of ether oxygens (including phenoxy) is 1. The fourth-order valence-electron chi connectivity index (χ4n) is 3.87. The van der Waals surface area contributed by atoms with Crippen molar-refractivity contribution in [2.24, 2.45) is 5.73 Å².